The standard InChI is InChI=1S/C12H14FNO4S/c13-11-4-2-1-3-10(11)8-19(17,18)14-6-5-9(7-14)12(15)16/h1-4,9H,5-8H2,(H,15,16). The average Bonchev–Trinajstić information content (AvgIpc) is 2.82. The summed E-state index contributed by atoms with van der Waals surface area (Å²) in [4.78, 5) is 10.8. The van der Waals surface area contributed by atoms with Gasteiger partial charge in [-0.25, -0.2) is 17.1 Å². The lowest BCUT2D eigenvalue weighted by atomic mass is 10.1. The SMILES string of the molecule is O=C(O)C1CCN(S(=O)(=O)Cc2ccccc2F)C1. The first kappa shape index (κ1) is 14.0. The molecule has 1 aromatic rings. The molecule has 0 aliphatic carbocycles. The lowest BCUT2D eigenvalue weighted by Gasteiger charge is -2.16. The van der Waals surface area contributed by atoms with Gasteiger partial charge < -0.3 is 5.11 Å². The fraction of sp³-hybridized carbons (Fsp3) is 0.417. The Labute approximate surface area is 110 Å². The molecule has 0 saturated carbocycles. The molecule has 1 saturated heterocycles. The summed E-state index contributed by atoms with van der Waals surface area (Å²) >= 11 is 0. The molecule has 7 heteroatoms. The molecule has 1 atom stereocenters. The number of carboxylic acid groups (broad SMARTS) is 1. The van der Waals surface area contributed by atoms with Crippen molar-refractivity contribution in [3.8, 4) is 0 Å². The molecule has 104 valence electrons. The van der Waals surface area contributed by atoms with E-state index in [0.717, 1.165) is 4.31 Å². The predicted molar refractivity (Wildman–Crippen MR) is 66.3 cm³/mol. The van der Waals surface area contributed by atoms with Crippen LogP contribution in [0, 0.1) is 11.7 Å². The molecular weight excluding hydrogens is 273 g/mol. The van der Waals surface area contributed by atoms with E-state index in [4.69, 9.17) is 5.11 Å². The van der Waals surface area contributed by atoms with E-state index in [-0.39, 0.29) is 18.7 Å². The third-order valence-corrected chi connectivity index (χ3v) is 4.98. The monoisotopic (exact) mass is 287 g/mol. The molecule has 0 spiro atoms. The van der Waals surface area contributed by atoms with Crippen molar-refractivity contribution < 1.29 is 22.7 Å². The fourth-order valence-corrected chi connectivity index (χ4v) is 3.69. The van der Waals surface area contributed by atoms with Crippen molar-refractivity contribution in [1.82, 2.24) is 4.31 Å². The van der Waals surface area contributed by atoms with Crippen LogP contribution in [-0.4, -0.2) is 36.9 Å². The third kappa shape index (κ3) is 3.10. The Balaban J connectivity index is 2.12. The summed E-state index contributed by atoms with van der Waals surface area (Å²) in [7, 11) is -3.67. The van der Waals surface area contributed by atoms with Crippen LogP contribution in [0.4, 0.5) is 4.39 Å². The number of carbonyl (C=O) groups is 1. The van der Waals surface area contributed by atoms with Gasteiger partial charge in [0.1, 0.15) is 5.82 Å². The molecule has 0 amide bonds. The molecule has 5 nitrogen and oxygen atoms in total. The van der Waals surface area contributed by atoms with Crippen molar-refractivity contribution in [2.24, 2.45) is 5.92 Å². The maximum atomic E-state index is 13.4. The van der Waals surface area contributed by atoms with Crippen LogP contribution in [0.3, 0.4) is 0 Å². The lowest BCUT2D eigenvalue weighted by Crippen LogP contribution is -2.31. The number of benzene rings is 1. The van der Waals surface area contributed by atoms with E-state index < -0.39 is 33.5 Å². The van der Waals surface area contributed by atoms with E-state index in [1.54, 1.807) is 6.07 Å². The minimum atomic E-state index is -3.67. The maximum Gasteiger partial charge on any atom is 0.307 e. The zero-order valence-electron chi connectivity index (χ0n) is 10.1. The molecular formula is C12H14FNO4S. The van der Waals surface area contributed by atoms with Crippen LogP contribution in [0.1, 0.15) is 12.0 Å². The molecule has 1 aliphatic heterocycles. The second kappa shape index (κ2) is 5.26. The van der Waals surface area contributed by atoms with Crippen molar-refractivity contribution in [2.75, 3.05) is 13.1 Å². The maximum absolute atomic E-state index is 13.4. The van der Waals surface area contributed by atoms with E-state index in [0.29, 0.717) is 6.42 Å². The van der Waals surface area contributed by atoms with Gasteiger partial charge in [0, 0.05) is 18.7 Å². The van der Waals surface area contributed by atoms with Crippen LogP contribution in [0.5, 0.6) is 0 Å². The Morgan fingerprint density at radius 2 is 2.11 bits per heavy atom. The Kier molecular flexibility index (Phi) is 3.86. The van der Waals surface area contributed by atoms with E-state index in [2.05, 4.69) is 0 Å². The van der Waals surface area contributed by atoms with Gasteiger partial charge in [-0.1, -0.05) is 18.2 Å². The quantitative estimate of drug-likeness (QED) is 0.898. The van der Waals surface area contributed by atoms with Gasteiger partial charge in [0.05, 0.1) is 11.7 Å². The number of sulfonamides is 1. The predicted octanol–water partition coefficient (Wildman–Crippen LogP) is 1.06. The number of aliphatic carboxylic acids is 1. The number of rotatable bonds is 4. The van der Waals surface area contributed by atoms with Crippen LogP contribution >= 0.6 is 0 Å². The van der Waals surface area contributed by atoms with Crippen molar-refractivity contribution in [3.63, 3.8) is 0 Å². The number of carboxylic acids is 1. The summed E-state index contributed by atoms with van der Waals surface area (Å²) in [6.45, 7) is 0.139. The average molecular weight is 287 g/mol. The first-order valence-electron chi connectivity index (χ1n) is 5.84. The molecule has 1 unspecified atom stereocenters. The summed E-state index contributed by atoms with van der Waals surface area (Å²) in [5.41, 5.74) is 0.0984. The molecule has 0 bridgehead atoms. The number of hydrogen-bond donors (Lipinski definition) is 1. The fourth-order valence-electron chi connectivity index (χ4n) is 2.09. The number of hydrogen-bond acceptors (Lipinski definition) is 3. The molecule has 1 fully saturated rings. The van der Waals surface area contributed by atoms with E-state index in [1.165, 1.54) is 18.2 Å². The van der Waals surface area contributed by atoms with E-state index >= 15 is 0 Å². The lowest BCUT2D eigenvalue weighted by molar-refractivity contribution is -0.141. The van der Waals surface area contributed by atoms with Gasteiger partial charge in [-0.05, 0) is 12.5 Å². The number of nitrogens with zero attached hydrogens (tertiary/aromatic N) is 1. The molecule has 2 rings (SSSR count). The molecule has 0 radical (unpaired) electrons. The van der Waals surface area contributed by atoms with Gasteiger partial charge >= 0.3 is 5.97 Å². The Bertz CT molecular complexity index is 587. The second-order valence-corrected chi connectivity index (χ2v) is 6.50. The zero-order chi connectivity index (χ0) is 14.0. The molecule has 1 aromatic carbocycles. The summed E-state index contributed by atoms with van der Waals surface area (Å²) < 4.78 is 38.7. The van der Waals surface area contributed by atoms with Crippen LogP contribution < -0.4 is 0 Å². The van der Waals surface area contributed by atoms with Crippen molar-refractivity contribution >= 4 is 16.0 Å². The highest BCUT2D eigenvalue weighted by molar-refractivity contribution is 7.88. The van der Waals surface area contributed by atoms with E-state index in [1.807, 2.05) is 0 Å². The van der Waals surface area contributed by atoms with Crippen LogP contribution in [0.15, 0.2) is 24.3 Å². The highest BCUT2D eigenvalue weighted by Crippen LogP contribution is 2.22. The van der Waals surface area contributed by atoms with Crippen molar-refractivity contribution in [3.05, 3.63) is 35.6 Å². The van der Waals surface area contributed by atoms with Crippen molar-refractivity contribution in [1.29, 1.82) is 0 Å². The van der Waals surface area contributed by atoms with Crippen LogP contribution in [-0.2, 0) is 20.6 Å². The second-order valence-electron chi connectivity index (χ2n) is 4.53. The van der Waals surface area contributed by atoms with Gasteiger partial charge in [-0.15, -0.1) is 0 Å². The molecule has 0 aromatic heterocycles. The van der Waals surface area contributed by atoms with Gasteiger partial charge in [0.15, 0.2) is 0 Å². The van der Waals surface area contributed by atoms with Crippen LogP contribution in [0.25, 0.3) is 0 Å². The van der Waals surface area contributed by atoms with Crippen LogP contribution in [0.2, 0.25) is 0 Å². The topological polar surface area (TPSA) is 74.7 Å². The van der Waals surface area contributed by atoms with E-state index in [9.17, 15) is 17.6 Å². The summed E-state index contributed by atoms with van der Waals surface area (Å²) in [5, 5.41) is 8.85. The first-order valence-corrected chi connectivity index (χ1v) is 7.45. The molecule has 1 N–H and O–H groups in total. The largest absolute Gasteiger partial charge is 0.481 e. The third-order valence-electron chi connectivity index (χ3n) is 3.19. The van der Waals surface area contributed by atoms with Gasteiger partial charge in [0.25, 0.3) is 0 Å². The minimum absolute atomic E-state index is 0.0356. The highest BCUT2D eigenvalue weighted by Gasteiger charge is 2.35. The zero-order valence-corrected chi connectivity index (χ0v) is 10.9. The Morgan fingerprint density at radius 3 is 2.68 bits per heavy atom. The molecule has 1 aliphatic rings. The summed E-state index contributed by atoms with van der Waals surface area (Å²) in [6.07, 6.45) is 0.297. The number of halogens is 1. The highest BCUT2D eigenvalue weighted by atomic mass is 32.2. The minimum Gasteiger partial charge on any atom is -0.481 e. The Hall–Kier alpha value is -1.47. The smallest absolute Gasteiger partial charge is 0.307 e. The normalized spacial score (nSPS) is 20.6. The first-order chi connectivity index (χ1) is 8.90. The van der Waals surface area contributed by atoms with Gasteiger partial charge in [-0.3, -0.25) is 4.79 Å². The summed E-state index contributed by atoms with van der Waals surface area (Å²) in [6, 6.07) is 5.67. The van der Waals surface area contributed by atoms with Gasteiger partial charge in [-0.2, -0.15) is 0 Å². The summed E-state index contributed by atoms with van der Waals surface area (Å²) in [5.74, 6) is -2.68. The Morgan fingerprint density at radius 1 is 1.42 bits per heavy atom. The van der Waals surface area contributed by atoms with Gasteiger partial charge in [0.2, 0.25) is 10.0 Å². The molecule has 1 heterocycles. The molecule has 19 heavy (non-hydrogen) atoms. The van der Waals surface area contributed by atoms with Crippen molar-refractivity contribution in [2.45, 2.75) is 12.2 Å².